The van der Waals surface area contributed by atoms with Crippen molar-refractivity contribution in [3.63, 3.8) is 0 Å². The van der Waals surface area contributed by atoms with E-state index in [0.29, 0.717) is 6.04 Å². The van der Waals surface area contributed by atoms with Crippen molar-refractivity contribution >= 4 is 11.5 Å². The summed E-state index contributed by atoms with van der Waals surface area (Å²) in [4.78, 5) is 4.60. The molecule has 18 heavy (non-hydrogen) atoms. The van der Waals surface area contributed by atoms with Gasteiger partial charge in [-0.15, -0.1) is 0 Å². The molecule has 2 aromatic heterocycles. The van der Waals surface area contributed by atoms with Crippen LogP contribution in [0.4, 0.5) is 5.82 Å². The molecule has 0 saturated heterocycles. The minimum absolute atomic E-state index is 0.703. The minimum Gasteiger partial charge on any atom is -0.367 e. The van der Waals surface area contributed by atoms with Crippen LogP contribution >= 0.6 is 0 Å². The van der Waals surface area contributed by atoms with E-state index in [1.807, 2.05) is 22.8 Å². The number of fused-ring (bicyclic) bond motifs is 6. The summed E-state index contributed by atoms with van der Waals surface area (Å²) in [6.07, 6.45) is 8.22. The van der Waals surface area contributed by atoms with Crippen LogP contribution in [0.1, 0.15) is 19.3 Å². The Bertz CT molecular complexity index is 603. The lowest BCUT2D eigenvalue weighted by atomic mass is 10.0. The van der Waals surface area contributed by atoms with E-state index >= 15 is 0 Å². The first-order chi connectivity index (χ1) is 8.90. The lowest BCUT2D eigenvalue weighted by molar-refractivity contribution is 0.456. The van der Waals surface area contributed by atoms with Crippen LogP contribution in [-0.2, 0) is 0 Å². The van der Waals surface area contributed by atoms with E-state index < -0.39 is 0 Å². The Morgan fingerprint density at radius 2 is 2.00 bits per heavy atom. The van der Waals surface area contributed by atoms with E-state index in [9.17, 15) is 0 Å². The summed E-state index contributed by atoms with van der Waals surface area (Å²) in [5.41, 5.74) is 0.925. The van der Waals surface area contributed by atoms with Gasteiger partial charge in [0.25, 0.3) is 0 Å². The Morgan fingerprint density at radius 3 is 2.83 bits per heavy atom. The third-order valence-corrected chi connectivity index (χ3v) is 5.31. The number of hydrogen-bond acceptors (Lipinski definition) is 3. The van der Waals surface area contributed by atoms with Crippen LogP contribution in [0, 0.1) is 23.7 Å². The summed E-state index contributed by atoms with van der Waals surface area (Å²) >= 11 is 0. The van der Waals surface area contributed by atoms with Crippen molar-refractivity contribution in [3.05, 3.63) is 24.5 Å². The predicted octanol–water partition coefficient (Wildman–Crippen LogP) is 2.19. The molecule has 4 heteroatoms. The third kappa shape index (κ3) is 1.11. The first-order valence-corrected chi connectivity index (χ1v) is 6.97. The van der Waals surface area contributed by atoms with Crippen LogP contribution in [0.2, 0.25) is 0 Å². The smallest absolute Gasteiger partial charge is 0.157 e. The van der Waals surface area contributed by atoms with Gasteiger partial charge in [-0.25, -0.2) is 9.50 Å². The van der Waals surface area contributed by atoms with Gasteiger partial charge in [0.05, 0.1) is 6.20 Å². The number of aromatic nitrogens is 3. The molecule has 5 rings (SSSR count). The standard InChI is InChI=1S/C14H16N4/c1-2-9-7-8(1)12-13(9)14(12)17-10-4-6-18-11(16-10)3-5-15-18/h3-6,8-9,12-14H,1-2,7H2,(H,16,17). The van der Waals surface area contributed by atoms with Gasteiger partial charge >= 0.3 is 0 Å². The molecule has 3 saturated carbocycles. The molecule has 1 N–H and O–H groups in total. The number of hydrogen-bond donors (Lipinski definition) is 1. The highest BCUT2D eigenvalue weighted by molar-refractivity contribution is 5.47. The fourth-order valence-electron chi connectivity index (χ4n) is 4.58. The lowest BCUT2D eigenvalue weighted by Crippen LogP contribution is -2.13. The zero-order chi connectivity index (χ0) is 11.7. The number of nitrogens with zero attached hydrogens (tertiary/aromatic N) is 3. The van der Waals surface area contributed by atoms with E-state index in [1.165, 1.54) is 19.3 Å². The molecule has 0 aliphatic heterocycles. The molecule has 2 heterocycles. The Kier molecular flexibility index (Phi) is 1.59. The van der Waals surface area contributed by atoms with Crippen molar-refractivity contribution in [1.29, 1.82) is 0 Å². The van der Waals surface area contributed by atoms with Crippen LogP contribution in [0.5, 0.6) is 0 Å². The van der Waals surface area contributed by atoms with Gasteiger partial charge < -0.3 is 5.32 Å². The summed E-state index contributed by atoms with van der Waals surface area (Å²) in [6, 6.07) is 4.69. The van der Waals surface area contributed by atoms with Gasteiger partial charge in [0.15, 0.2) is 5.65 Å². The van der Waals surface area contributed by atoms with Crippen LogP contribution in [0.25, 0.3) is 5.65 Å². The number of anilines is 1. The molecule has 0 amide bonds. The molecule has 92 valence electrons. The molecular formula is C14H16N4. The molecule has 3 aliphatic carbocycles. The molecule has 0 spiro atoms. The Balaban J connectivity index is 1.41. The summed E-state index contributed by atoms with van der Waals surface area (Å²) in [6.45, 7) is 0. The average molecular weight is 240 g/mol. The van der Waals surface area contributed by atoms with Crippen molar-refractivity contribution in [2.45, 2.75) is 25.3 Å². The second kappa shape index (κ2) is 3.05. The second-order valence-electron chi connectivity index (χ2n) is 6.10. The van der Waals surface area contributed by atoms with Gasteiger partial charge in [0.2, 0.25) is 0 Å². The zero-order valence-electron chi connectivity index (χ0n) is 10.2. The van der Waals surface area contributed by atoms with Gasteiger partial charge in [0, 0.05) is 18.3 Å². The van der Waals surface area contributed by atoms with Gasteiger partial charge in [-0.1, -0.05) is 0 Å². The molecule has 2 aromatic rings. The average Bonchev–Trinajstić information content (AvgIpc) is 2.83. The van der Waals surface area contributed by atoms with Crippen LogP contribution < -0.4 is 5.32 Å². The maximum atomic E-state index is 4.60. The van der Waals surface area contributed by atoms with Crippen LogP contribution in [0.15, 0.2) is 24.5 Å². The summed E-state index contributed by atoms with van der Waals surface area (Å²) in [5.74, 6) is 4.94. The molecule has 2 bridgehead atoms. The first-order valence-electron chi connectivity index (χ1n) is 6.97. The lowest BCUT2D eigenvalue weighted by Gasteiger charge is -2.11. The second-order valence-corrected chi connectivity index (χ2v) is 6.10. The molecular weight excluding hydrogens is 224 g/mol. The molecule has 3 aliphatic rings. The maximum Gasteiger partial charge on any atom is 0.157 e. The van der Waals surface area contributed by atoms with E-state index in [4.69, 9.17) is 0 Å². The minimum atomic E-state index is 0.703. The van der Waals surface area contributed by atoms with E-state index in [2.05, 4.69) is 15.4 Å². The number of rotatable bonds is 2. The van der Waals surface area contributed by atoms with Crippen molar-refractivity contribution in [2.75, 3.05) is 5.32 Å². The van der Waals surface area contributed by atoms with Crippen molar-refractivity contribution in [2.24, 2.45) is 23.7 Å². The third-order valence-electron chi connectivity index (χ3n) is 5.31. The normalized spacial score (nSPS) is 40.1. The highest BCUT2D eigenvalue weighted by atomic mass is 15.2. The zero-order valence-corrected chi connectivity index (χ0v) is 10.2. The maximum absolute atomic E-state index is 4.60. The highest BCUT2D eigenvalue weighted by Crippen LogP contribution is 2.66. The molecule has 0 radical (unpaired) electrons. The fraction of sp³-hybridized carbons (Fsp3) is 0.571. The Hall–Kier alpha value is -1.58. The Labute approximate surface area is 105 Å². The SMILES string of the molecule is c1cc2nc(NC3C4C5CCC(C5)C34)ccn2n1. The molecule has 4 unspecified atom stereocenters. The van der Waals surface area contributed by atoms with E-state index in [0.717, 1.165) is 35.1 Å². The largest absolute Gasteiger partial charge is 0.367 e. The predicted molar refractivity (Wildman–Crippen MR) is 68.2 cm³/mol. The van der Waals surface area contributed by atoms with Crippen molar-refractivity contribution < 1.29 is 0 Å². The van der Waals surface area contributed by atoms with Crippen molar-refractivity contribution in [1.82, 2.24) is 14.6 Å². The highest BCUT2D eigenvalue weighted by Gasteiger charge is 2.65. The molecule has 3 fully saturated rings. The van der Waals surface area contributed by atoms with Crippen LogP contribution in [0.3, 0.4) is 0 Å². The first kappa shape index (κ1) is 9.36. The molecule has 0 aromatic carbocycles. The van der Waals surface area contributed by atoms with Gasteiger partial charge in [-0.05, 0) is 49.0 Å². The summed E-state index contributed by atoms with van der Waals surface area (Å²) in [5, 5.41) is 7.82. The van der Waals surface area contributed by atoms with Gasteiger partial charge in [-0.2, -0.15) is 5.10 Å². The quantitative estimate of drug-likeness (QED) is 0.875. The Morgan fingerprint density at radius 1 is 1.17 bits per heavy atom. The summed E-state index contributed by atoms with van der Waals surface area (Å²) < 4.78 is 1.81. The van der Waals surface area contributed by atoms with Crippen LogP contribution in [-0.4, -0.2) is 20.6 Å². The fourth-order valence-corrected chi connectivity index (χ4v) is 4.58. The topological polar surface area (TPSA) is 42.2 Å². The van der Waals surface area contributed by atoms with Gasteiger partial charge in [-0.3, -0.25) is 0 Å². The molecule has 4 nitrogen and oxygen atoms in total. The monoisotopic (exact) mass is 240 g/mol. The van der Waals surface area contributed by atoms with E-state index in [-0.39, 0.29) is 0 Å². The summed E-state index contributed by atoms with van der Waals surface area (Å²) in [7, 11) is 0. The van der Waals surface area contributed by atoms with Crippen molar-refractivity contribution in [3.8, 4) is 0 Å². The molecule has 4 atom stereocenters. The number of nitrogens with one attached hydrogen (secondary N) is 1. The van der Waals surface area contributed by atoms with E-state index in [1.54, 1.807) is 6.20 Å². The van der Waals surface area contributed by atoms with Gasteiger partial charge in [0.1, 0.15) is 5.82 Å².